The number of tetrazole rings is 1. The fourth-order valence-corrected chi connectivity index (χ4v) is 0.940. The molecule has 0 aliphatic carbocycles. The predicted molar refractivity (Wildman–Crippen MR) is 47.9 cm³/mol. The Morgan fingerprint density at radius 3 is 3.07 bits per heavy atom. The van der Waals surface area contributed by atoms with Gasteiger partial charge in [-0.15, -0.1) is 5.10 Å². The number of hydrazine groups is 1. The standard InChI is InChI=1S/C6H11N7O2/c7-2-1-5-9-11-12-13(5)3-6(15)10-8-4-14/h4H,1-3,7H2,(H,8,14)(H,10,15). The van der Waals surface area contributed by atoms with E-state index in [1.54, 1.807) is 0 Å². The van der Waals surface area contributed by atoms with Crippen molar-refractivity contribution in [1.29, 1.82) is 0 Å². The number of aromatic nitrogens is 4. The summed E-state index contributed by atoms with van der Waals surface area (Å²) in [7, 11) is 0. The Kier molecular flexibility index (Phi) is 4.16. The monoisotopic (exact) mass is 213 g/mol. The van der Waals surface area contributed by atoms with Crippen molar-refractivity contribution in [2.24, 2.45) is 5.73 Å². The van der Waals surface area contributed by atoms with Crippen LogP contribution in [0.15, 0.2) is 0 Å². The van der Waals surface area contributed by atoms with Crippen molar-refractivity contribution in [2.75, 3.05) is 6.54 Å². The van der Waals surface area contributed by atoms with E-state index < -0.39 is 5.91 Å². The highest BCUT2D eigenvalue weighted by atomic mass is 16.2. The third kappa shape index (κ3) is 3.31. The number of amides is 2. The lowest BCUT2D eigenvalue weighted by Gasteiger charge is -2.03. The summed E-state index contributed by atoms with van der Waals surface area (Å²) in [5.41, 5.74) is 9.49. The van der Waals surface area contributed by atoms with Crippen LogP contribution in [0.25, 0.3) is 0 Å². The highest BCUT2D eigenvalue weighted by Crippen LogP contribution is 1.91. The zero-order chi connectivity index (χ0) is 11.1. The maximum absolute atomic E-state index is 11.1. The van der Waals surface area contributed by atoms with Crippen LogP contribution in [0.4, 0.5) is 0 Å². The molecule has 1 aromatic rings. The Bertz CT molecular complexity index is 336. The molecule has 0 aliphatic heterocycles. The van der Waals surface area contributed by atoms with Crippen molar-refractivity contribution in [3.05, 3.63) is 5.82 Å². The van der Waals surface area contributed by atoms with Gasteiger partial charge in [0, 0.05) is 6.42 Å². The van der Waals surface area contributed by atoms with Gasteiger partial charge in [0.05, 0.1) is 0 Å². The highest BCUT2D eigenvalue weighted by Gasteiger charge is 2.08. The highest BCUT2D eigenvalue weighted by molar-refractivity contribution is 5.76. The summed E-state index contributed by atoms with van der Waals surface area (Å²) >= 11 is 0. The molecule has 9 nitrogen and oxygen atoms in total. The minimum absolute atomic E-state index is 0.0663. The summed E-state index contributed by atoms with van der Waals surface area (Å²) < 4.78 is 1.31. The smallest absolute Gasteiger partial charge is 0.260 e. The Hall–Kier alpha value is -2.03. The van der Waals surface area contributed by atoms with Gasteiger partial charge in [0.2, 0.25) is 6.41 Å². The quantitative estimate of drug-likeness (QED) is 0.340. The molecular weight excluding hydrogens is 202 g/mol. The molecule has 1 rings (SSSR count). The van der Waals surface area contributed by atoms with Crippen molar-refractivity contribution >= 4 is 12.3 Å². The van der Waals surface area contributed by atoms with E-state index in [1.165, 1.54) is 4.68 Å². The second kappa shape index (κ2) is 5.65. The van der Waals surface area contributed by atoms with Crippen LogP contribution in [-0.4, -0.2) is 39.1 Å². The minimum Gasteiger partial charge on any atom is -0.330 e. The third-order valence-corrected chi connectivity index (χ3v) is 1.54. The average molecular weight is 213 g/mol. The number of carbonyl (C=O) groups excluding carboxylic acids is 2. The number of nitrogens with one attached hydrogen (secondary N) is 2. The first kappa shape index (κ1) is 11.0. The van der Waals surface area contributed by atoms with E-state index in [4.69, 9.17) is 5.73 Å². The van der Waals surface area contributed by atoms with Crippen LogP contribution in [0.2, 0.25) is 0 Å². The lowest BCUT2D eigenvalue weighted by atomic mass is 10.4. The van der Waals surface area contributed by atoms with E-state index >= 15 is 0 Å². The van der Waals surface area contributed by atoms with Crippen molar-refractivity contribution in [3.8, 4) is 0 Å². The summed E-state index contributed by atoms with van der Waals surface area (Å²) in [5, 5.41) is 10.7. The Balaban J connectivity index is 2.51. The molecule has 2 amide bonds. The number of nitrogens with zero attached hydrogens (tertiary/aromatic N) is 4. The molecule has 0 saturated carbocycles. The van der Waals surface area contributed by atoms with E-state index in [0.29, 0.717) is 25.2 Å². The second-order valence-corrected chi connectivity index (χ2v) is 2.60. The molecule has 0 spiro atoms. The van der Waals surface area contributed by atoms with Crippen molar-refractivity contribution in [1.82, 2.24) is 31.1 Å². The molecule has 0 unspecified atom stereocenters. The normalized spacial score (nSPS) is 9.67. The molecule has 9 heteroatoms. The van der Waals surface area contributed by atoms with Crippen LogP contribution in [0.1, 0.15) is 5.82 Å². The van der Waals surface area contributed by atoms with Gasteiger partial charge in [-0.2, -0.15) is 0 Å². The molecule has 0 radical (unpaired) electrons. The third-order valence-electron chi connectivity index (χ3n) is 1.54. The molecule has 0 atom stereocenters. The van der Waals surface area contributed by atoms with Gasteiger partial charge in [0.1, 0.15) is 6.54 Å². The van der Waals surface area contributed by atoms with Crippen molar-refractivity contribution < 1.29 is 9.59 Å². The molecular formula is C6H11N7O2. The summed E-state index contributed by atoms with van der Waals surface area (Å²) in [5.74, 6) is 0.103. The maximum Gasteiger partial charge on any atom is 0.260 e. The van der Waals surface area contributed by atoms with Gasteiger partial charge in [0.15, 0.2) is 5.82 Å². The molecule has 82 valence electrons. The molecule has 0 bridgehead atoms. The van der Waals surface area contributed by atoms with E-state index in [-0.39, 0.29) is 6.54 Å². The Morgan fingerprint density at radius 2 is 2.40 bits per heavy atom. The van der Waals surface area contributed by atoms with E-state index in [9.17, 15) is 9.59 Å². The Morgan fingerprint density at radius 1 is 1.60 bits per heavy atom. The van der Waals surface area contributed by atoms with E-state index in [2.05, 4.69) is 21.0 Å². The molecule has 0 saturated heterocycles. The van der Waals surface area contributed by atoms with Crippen molar-refractivity contribution in [2.45, 2.75) is 13.0 Å². The van der Waals surface area contributed by atoms with Crippen LogP contribution in [0.3, 0.4) is 0 Å². The lowest BCUT2D eigenvalue weighted by Crippen LogP contribution is -2.38. The van der Waals surface area contributed by atoms with Gasteiger partial charge >= 0.3 is 0 Å². The van der Waals surface area contributed by atoms with Crippen LogP contribution in [0.5, 0.6) is 0 Å². The van der Waals surface area contributed by atoms with Crippen LogP contribution in [0, 0.1) is 0 Å². The average Bonchev–Trinajstić information content (AvgIpc) is 2.63. The topological polar surface area (TPSA) is 128 Å². The van der Waals surface area contributed by atoms with Crippen LogP contribution >= 0.6 is 0 Å². The van der Waals surface area contributed by atoms with Gasteiger partial charge in [-0.1, -0.05) is 0 Å². The largest absolute Gasteiger partial charge is 0.330 e. The van der Waals surface area contributed by atoms with Gasteiger partial charge < -0.3 is 5.73 Å². The van der Waals surface area contributed by atoms with Gasteiger partial charge in [0.25, 0.3) is 5.91 Å². The molecule has 15 heavy (non-hydrogen) atoms. The SMILES string of the molecule is NCCc1nnnn1CC(=O)NNC=O. The molecule has 0 aromatic carbocycles. The summed E-state index contributed by atoms with van der Waals surface area (Å²) in [6, 6.07) is 0. The van der Waals surface area contributed by atoms with Gasteiger partial charge in [-0.25, -0.2) is 4.68 Å². The number of hydrogen-bond donors (Lipinski definition) is 3. The first-order chi connectivity index (χ1) is 7.27. The summed E-state index contributed by atoms with van der Waals surface area (Å²) in [6.45, 7) is 0.331. The minimum atomic E-state index is -0.423. The molecule has 1 heterocycles. The number of carbonyl (C=O) groups is 2. The maximum atomic E-state index is 11.1. The second-order valence-electron chi connectivity index (χ2n) is 2.60. The molecule has 1 aromatic heterocycles. The fourth-order valence-electron chi connectivity index (χ4n) is 0.940. The van der Waals surface area contributed by atoms with Gasteiger partial charge in [-0.05, 0) is 17.0 Å². The fraction of sp³-hybridized carbons (Fsp3) is 0.500. The Labute approximate surface area is 85.0 Å². The van der Waals surface area contributed by atoms with Crippen molar-refractivity contribution in [3.63, 3.8) is 0 Å². The van der Waals surface area contributed by atoms with E-state index in [1.807, 2.05) is 5.43 Å². The number of rotatable bonds is 6. The molecule has 0 aliphatic rings. The molecule has 4 N–H and O–H groups in total. The first-order valence-electron chi connectivity index (χ1n) is 4.21. The summed E-state index contributed by atoms with van der Waals surface area (Å²) in [4.78, 5) is 21.0. The van der Waals surface area contributed by atoms with E-state index in [0.717, 1.165) is 0 Å². The predicted octanol–water partition coefficient (Wildman–Crippen LogP) is -3.05. The van der Waals surface area contributed by atoms with Crippen LogP contribution < -0.4 is 16.6 Å². The van der Waals surface area contributed by atoms with Gasteiger partial charge in [-0.3, -0.25) is 20.4 Å². The number of hydrogen-bond acceptors (Lipinski definition) is 6. The first-order valence-corrected chi connectivity index (χ1v) is 4.21. The number of nitrogens with two attached hydrogens (primary N) is 1. The summed E-state index contributed by atoms with van der Waals surface area (Å²) in [6.07, 6.45) is 0.847. The van der Waals surface area contributed by atoms with Crippen LogP contribution in [-0.2, 0) is 22.6 Å². The zero-order valence-corrected chi connectivity index (χ0v) is 7.88. The lowest BCUT2D eigenvalue weighted by molar-refractivity contribution is -0.125. The zero-order valence-electron chi connectivity index (χ0n) is 7.88. The molecule has 0 fully saturated rings.